The molecular formula is C6H5NO4. The number of ether oxygens (including phenoxy) is 1. The Balaban J connectivity index is 3.71. The predicted molar refractivity (Wildman–Crippen MR) is 33.3 cm³/mol. The van der Waals surface area contributed by atoms with Gasteiger partial charge < -0.3 is 9.84 Å². The SMILES string of the molecule is N#CCOC(=O)/C=C/C(=O)O. The number of carboxylic acid groups (broad SMARTS) is 1. The summed E-state index contributed by atoms with van der Waals surface area (Å²) in [5.74, 6) is -2.08. The van der Waals surface area contributed by atoms with Crippen LogP contribution in [-0.2, 0) is 14.3 Å². The van der Waals surface area contributed by atoms with Crippen molar-refractivity contribution in [2.75, 3.05) is 6.61 Å². The number of rotatable bonds is 3. The number of nitriles is 1. The van der Waals surface area contributed by atoms with Gasteiger partial charge in [-0.3, -0.25) is 0 Å². The monoisotopic (exact) mass is 155 g/mol. The van der Waals surface area contributed by atoms with Crippen LogP contribution in [0.2, 0.25) is 0 Å². The van der Waals surface area contributed by atoms with E-state index in [0.29, 0.717) is 6.08 Å². The van der Waals surface area contributed by atoms with Crippen LogP contribution in [0.1, 0.15) is 0 Å². The molecule has 0 radical (unpaired) electrons. The van der Waals surface area contributed by atoms with Crippen LogP contribution in [0.5, 0.6) is 0 Å². The lowest BCUT2D eigenvalue weighted by Gasteiger charge is -1.90. The minimum atomic E-state index is -1.24. The summed E-state index contributed by atoms with van der Waals surface area (Å²) >= 11 is 0. The standard InChI is InChI=1S/C6H5NO4/c7-3-4-11-6(10)2-1-5(8)9/h1-2H,4H2,(H,8,9)/b2-1+. The number of aliphatic carboxylic acids is 1. The Kier molecular flexibility index (Phi) is 4.16. The van der Waals surface area contributed by atoms with Crippen LogP contribution in [-0.4, -0.2) is 23.7 Å². The molecule has 0 rings (SSSR count). The van der Waals surface area contributed by atoms with E-state index in [2.05, 4.69) is 4.74 Å². The maximum Gasteiger partial charge on any atom is 0.332 e. The van der Waals surface area contributed by atoms with Crippen molar-refractivity contribution in [2.45, 2.75) is 0 Å². The van der Waals surface area contributed by atoms with Gasteiger partial charge in [-0.25, -0.2) is 9.59 Å². The van der Waals surface area contributed by atoms with Gasteiger partial charge in [0.1, 0.15) is 6.07 Å². The molecule has 0 aromatic heterocycles. The number of hydrogen-bond acceptors (Lipinski definition) is 4. The molecular weight excluding hydrogens is 150 g/mol. The Labute approximate surface area is 62.5 Å². The molecule has 5 nitrogen and oxygen atoms in total. The van der Waals surface area contributed by atoms with Crippen molar-refractivity contribution in [1.82, 2.24) is 0 Å². The summed E-state index contributed by atoms with van der Waals surface area (Å²) < 4.78 is 4.19. The van der Waals surface area contributed by atoms with Crippen molar-refractivity contribution in [2.24, 2.45) is 0 Å². The van der Waals surface area contributed by atoms with Gasteiger partial charge in [-0.05, 0) is 0 Å². The Hall–Kier alpha value is -1.83. The average Bonchev–Trinajstić information content (AvgIpc) is 1.97. The second kappa shape index (κ2) is 4.99. The van der Waals surface area contributed by atoms with E-state index in [1.807, 2.05) is 0 Å². The fourth-order valence-electron chi connectivity index (χ4n) is 0.291. The Morgan fingerprint density at radius 1 is 1.55 bits per heavy atom. The second-order valence-corrected chi connectivity index (χ2v) is 1.44. The molecule has 0 aliphatic heterocycles. The molecule has 0 saturated heterocycles. The summed E-state index contributed by atoms with van der Waals surface area (Å²) in [5, 5.41) is 16.0. The molecule has 0 atom stereocenters. The number of esters is 1. The van der Waals surface area contributed by atoms with E-state index in [1.54, 1.807) is 6.07 Å². The Bertz CT molecular complexity index is 225. The third kappa shape index (κ3) is 6.05. The van der Waals surface area contributed by atoms with Gasteiger partial charge in [-0.1, -0.05) is 0 Å². The van der Waals surface area contributed by atoms with Gasteiger partial charge in [0, 0.05) is 12.2 Å². The first-order valence-electron chi connectivity index (χ1n) is 2.61. The lowest BCUT2D eigenvalue weighted by atomic mass is 10.5. The zero-order valence-electron chi connectivity index (χ0n) is 5.48. The predicted octanol–water partition coefficient (Wildman–Crippen LogP) is -0.306. The first kappa shape index (κ1) is 9.17. The molecule has 0 aromatic rings. The number of carboxylic acids is 1. The van der Waals surface area contributed by atoms with Gasteiger partial charge in [0.15, 0.2) is 6.61 Å². The largest absolute Gasteiger partial charge is 0.478 e. The van der Waals surface area contributed by atoms with Gasteiger partial charge in [0.2, 0.25) is 0 Å². The highest BCUT2D eigenvalue weighted by molar-refractivity contribution is 5.90. The number of carbonyl (C=O) groups is 2. The lowest BCUT2D eigenvalue weighted by molar-refractivity contribution is -0.137. The van der Waals surface area contributed by atoms with Crippen molar-refractivity contribution >= 4 is 11.9 Å². The molecule has 58 valence electrons. The van der Waals surface area contributed by atoms with Gasteiger partial charge >= 0.3 is 11.9 Å². The summed E-state index contributed by atoms with van der Waals surface area (Å²) in [4.78, 5) is 20.2. The van der Waals surface area contributed by atoms with Gasteiger partial charge in [0.25, 0.3) is 0 Å². The molecule has 0 amide bonds. The number of hydrogen-bond donors (Lipinski definition) is 1. The third-order valence-electron chi connectivity index (χ3n) is 0.641. The van der Waals surface area contributed by atoms with Crippen molar-refractivity contribution in [1.29, 1.82) is 5.26 Å². The molecule has 0 aliphatic rings. The number of nitrogens with zero attached hydrogens (tertiary/aromatic N) is 1. The summed E-state index contributed by atoms with van der Waals surface area (Å²) in [7, 11) is 0. The molecule has 0 heterocycles. The summed E-state index contributed by atoms with van der Waals surface area (Å²) in [6, 6.07) is 1.56. The van der Waals surface area contributed by atoms with Crippen LogP contribution >= 0.6 is 0 Å². The maximum atomic E-state index is 10.4. The van der Waals surface area contributed by atoms with Crippen LogP contribution in [0.3, 0.4) is 0 Å². The van der Waals surface area contributed by atoms with E-state index in [1.165, 1.54) is 0 Å². The van der Waals surface area contributed by atoms with Crippen molar-refractivity contribution in [3.8, 4) is 6.07 Å². The van der Waals surface area contributed by atoms with E-state index in [0.717, 1.165) is 6.08 Å². The van der Waals surface area contributed by atoms with Crippen molar-refractivity contribution in [3.05, 3.63) is 12.2 Å². The fraction of sp³-hybridized carbons (Fsp3) is 0.167. The van der Waals surface area contributed by atoms with Crippen LogP contribution in [0.4, 0.5) is 0 Å². The van der Waals surface area contributed by atoms with E-state index in [4.69, 9.17) is 10.4 Å². The molecule has 0 bridgehead atoms. The fourth-order valence-corrected chi connectivity index (χ4v) is 0.291. The summed E-state index contributed by atoms with van der Waals surface area (Å²) in [5.41, 5.74) is 0. The molecule has 0 aliphatic carbocycles. The average molecular weight is 155 g/mol. The molecule has 0 aromatic carbocycles. The molecule has 0 spiro atoms. The zero-order valence-corrected chi connectivity index (χ0v) is 5.48. The maximum absolute atomic E-state index is 10.4. The van der Waals surface area contributed by atoms with E-state index in [9.17, 15) is 9.59 Å². The Morgan fingerprint density at radius 2 is 2.18 bits per heavy atom. The third-order valence-corrected chi connectivity index (χ3v) is 0.641. The van der Waals surface area contributed by atoms with Gasteiger partial charge in [-0.2, -0.15) is 5.26 Å². The highest BCUT2D eigenvalue weighted by Gasteiger charge is 1.95. The number of carbonyl (C=O) groups excluding carboxylic acids is 1. The first-order valence-corrected chi connectivity index (χ1v) is 2.61. The van der Waals surface area contributed by atoms with Crippen molar-refractivity contribution in [3.63, 3.8) is 0 Å². The highest BCUT2D eigenvalue weighted by atomic mass is 16.5. The molecule has 0 saturated carbocycles. The van der Waals surface area contributed by atoms with Crippen LogP contribution < -0.4 is 0 Å². The second-order valence-electron chi connectivity index (χ2n) is 1.44. The minimum Gasteiger partial charge on any atom is -0.478 e. The molecule has 0 fully saturated rings. The topological polar surface area (TPSA) is 87.4 Å². The first-order chi connectivity index (χ1) is 5.16. The van der Waals surface area contributed by atoms with E-state index < -0.39 is 11.9 Å². The molecule has 11 heavy (non-hydrogen) atoms. The van der Waals surface area contributed by atoms with Crippen LogP contribution in [0, 0.1) is 11.3 Å². The normalized spacial score (nSPS) is 9.00. The van der Waals surface area contributed by atoms with Gasteiger partial charge in [0.05, 0.1) is 0 Å². The molecule has 0 unspecified atom stereocenters. The van der Waals surface area contributed by atoms with E-state index in [-0.39, 0.29) is 6.61 Å². The summed E-state index contributed by atoms with van der Waals surface area (Å²) in [6.07, 6.45) is 1.37. The Morgan fingerprint density at radius 3 is 2.64 bits per heavy atom. The van der Waals surface area contributed by atoms with Gasteiger partial charge in [-0.15, -0.1) is 0 Å². The van der Waals surface area contributed by atoms with Crippen LogP contribution in [0.15, 0.2) is 12.2 Å². The van der Waals surface area contributed by atoms with Crippen molar-refractivity contribution < 1.29 is 19.4 Å². The quantitative estimate of drug-likeness (QED) is 0.446. The van der Waals surface area contributed by atoms with E-state index >= 15 is 0 Å². The molecule has 5 heteroatoms. The zero-order chi connectivity index (χ0) is 8.69. The molecule has 1 N–H and O–H groups in total. The highest BCUT2D eigenvalue weighted by Crippen LogP contribution is 1.80. The summed E-state index contributed by atoms with van der Waals surface area (Å²) in [6.45, 7) is -0.372. The smallest absolute Gasteiger partial charge is 0.332 e. The minimum absolute atomic E-state index is 0.372. The lowest BCUT2D eigenvalue weighted by Crippen LogP contribution is -2.01. The van der Waals surface area contributed by atoms with Crippen LogP contribution in [0.25, 0.3) is 0 Å².